The Morgan fingerprint density at radius 3 is 2.60 bits per heavy atom. The van der Waals surface area contributed by atoms with Gasteiger partial charge in [-0.3, -0.25) is 0 Å². The van der Waals surface area contributed by atoms with Crippen molar-refractivity contribution >= 4 is 0 Å². The van der Waals surface area contributed by atoms with Crippen molar-refractivity contribution in [3.05, 3.63) is 23.5 Å². The lowest BCUT2D eigenvalue weighted by molar-refractivity contribution is -0.274. The van der Waals surface area contributed by atoms with E-state index in [0.29, 0.717) is 0 Å². The van der Waals surface area contributed by atoms with E-state index in [9.17, 15) is 17.6 Å². The molecule has 0 fully saturated rings. The molecule has 0 unspecified atom stereocenters. The van der Waals surface area contributed by atoms with Gasteiger partial charge in [-0.15, -0.1) is 13.2 Å². The standard InChI is InChI=1S/C8H4F4N2O/c9-2-5-1-7(15-8(10,11)12)6(3-13)14-4-5/h1,4H,2H2. The molecule has 0 saturated carbocycles. The molecule has 0 aromatic carbocycles. The van der Waals surface area contributed by atoms with Gasteiger partial charge in [-0.25, -0.2) is 9.37 Å². The van der Waals surface area contributed by atoms with E-state index < -0.39 is 24.5 Å². The molecule has 7 heteroatoms. The van der Waals surface area contributed by atoms with Crippen LogP contribution in [0.15, 0.2) is 12.3 Å². The second-order valence-corrected chi connectivity index (χ2v) is 2.48. The highest BCUT2D eigenvalue weighted by Crippen LogP contribution is 2.25. The zero-order valence-electron chi connectivity index (χ0n) is 7.18. The van der Waals surface area contributed by atoms with Crippen LogP contribution in [0.1, 0.15) is 11.3 Å². The van der Waals surface area contributed by atoms with Crippen molar-refractivity contribution in [3.8, 4) is 11.8 Å². The molecule has 0 amide bonds. The largest absolute Gasteiger partial charge is 0.573 e. The number of alkyl halides is 4. The van der Waals surface area contributed by atoms with Gasteiger partial charge in [0.05, 0.1) is 0 Å². The van der Waals surface area contributed by atoms with Gasteiger partial charge in [0, 0.05) is 11.8 Å². The summed E-state index contributed by atoms with van der Waals surface area (Å²) < 4.78 is 51.1. The molecule has 0 atom stereocenters. The Bertz CT molecular complexity index is 397. The van der Waals surface area contributed by atoms with Crippen molar-refractivity contribution in [2.75, 3.05) is 0 Å². The molecular weight excluding hydrogens is 216 g/mol. The van der Waals surface area contributed by atoms with Crippen LogP contribution < -0.4 is 4.74 Å². The minimum Gasteiger partial charge on any atom is -0.403 e. The summed E-state index contributed by atoms with van der Waals surface area (Å²) in [7, 11) is 0. The maximum Gasteiger partial charge on any atom is 0.573 e. The van der Waals surface area contributed by atoms with Gasteiger partial charge < -0.3 is 4.74 Å². The predicted molar refractivity (Wildman–Crippen MR) is 40.4 cm³/mol. The molecule has 0 spiro atoms. The number of rotatable bonds is 2. The van der Waals surface area contributed by atoms with Crippen LogP contribution in [0.4, 0.5) is 17.6 Å². The van der Waals surface area contributed by atoms with E-state index >= 15 is 0 Å². The monoisotopic (exact) mass is 220 g/mol. The molecular formula is C8H4F4N2O. The van der Waals surface area contributed by atoms with E-state index in [0.717, 1.165) is 12.3 Å². The quantitative estimate of drug-likeness (QED) is 0.718. The van der Waals surface area contributed by atoms with Crippen LogP contribution in [-0.4, -0.2) is 11.3 Å². The van der Waals surface area contributed by atoms with Gasteiger partial charge in [-0.1, -0.05) is 0 Å². The fourth-order valence-electron chi connectivity index (χ4n) is 0.845. The van der Waals surface area contributed by atoms with Crippen molar-refractivity contribution in [2.24, 2.45) is 0 Å². The summed E-state index contributed by atoms with van der Waals surface area (Å²) in [4.78, 5) is 3.33. The van der Waals surface area contributed by atoms with Gasteiger partial charge in [0.25, 0.3) is 0 Å². The highest BCUT2D eigenvalue weighted by atomic mass is 19.4. The first-order valence-electron chi connectivity index (χ1n) is 3.67. The topological polar surface area (TPSA) is 45.9 Å². The second kappa shape index (κ2) is 4.13. The van der Waals surface area contributed by atoms with Crippen molar-refractivity contribution in [2.45, 2.75) is 13.0 Å². The van der Waals surface area contributed by atoms with E-state index in [1.807, 2.05) is 0 Å². The lowest BCUT2D eigenvalue weighted by atomic mass is 10.2. The Hall–Kier alpha value is -1.84. The molecule has 80 valence electrons. The van der Waals surface area contributed by atoms with Crippen LogP contribution in [0.3, 0.4) is 0 Å². The minimum absolute atomic E-state index is 0.0896. The molecule has 0 bridgehead atoms. The lowest BCUT2D eigenvalue weighted by Crippen LogP contribution is -2.18. The van der Waals surface area contributed by atoms with E-state index in [1.54, 1.807) is 0 Å². The first-order chi connectivity index (χ1) is 6.96. The molecule has 0 aliphatic rings. The highest BCUT2D eigenvalue weighted by molar-refractivity contribution is 5.39. The summed E-state index contributed by atoms with van der Waals surface area (Å²) in [6, 6.07) is 2.20. The third-order valence-corrected chi connectivity index (χ3v) is 1.40. The lowest BCUT2D eigenvalue weighted by Gasteiger charge is -2.09. The molecule has 15 heavy (non-hydrogen) atoms. The summed E-state index contributed by atoms with van der Waals surface area (Å²) in [5.41, 5.74) is -0.627. The molecule has 3 nitrogen and oxygen atoms in total. The molecule has 1 aromatic rings. The van der Waals surface area contributed by atoms with Gasteiger partial charge in [0.2, 0.25) is 0 Å². The van der Waals surface area contributed by atoms with Crippen LogP contribution >= 0.6 is 0 Å². The van der Waals surface area contributed by atoms with Gasteiger partial charge in [0.15, 0.2) is 11.4 Å². The molecule has 0 saturated heterocycles. The molecule has 1 aromatic heterocycles. The SMILES string of the molecule is N#Cc1ncc(CF)cc1OC(F)(F)F. The number of nitriles is 1. The Morgan fingerprint density at radius 2 is 2.13 bits per heavy atom. The zero-order valence-corrected chi connectivity index (χ0v) is 7.18. The maximum absolute atomic E-state index is 12.1. The molecule has 0 radical (unpaired) electrons. The van der Waals surface area contributed by atoms with E-state index in [1.165, 1.54) is 6.07 Å². The molecule has 0 aliphatic carbocycles. The van der Waals surface area contributed by atoms with Gasteiger partial charge in [-0.2, -0.15) is 5.26 Å². The summed E-state index contributed by atoms with van der Waals surface area (Å²) in [6.07, 6.45) is -3.95. The smallest absolute Gasteiger partial charge is 0.403 e. The van der Waals surface area contributed by atoms with Crippen LogP contribution in [0.2, 0.25) is 0 Å². The summed E-state index contributed by atoms with van der Waals surface area (Å²) >= 11 is 0. The number of pyridine rings is 1. The average Bonchev–Trinajstić information content (AvgIpc) is 2.15. The number of ether oxygens (including phenoxy) is 1. The van der Waals surface area contributed by atoms with Gasteiger partial charge in [0.1, 0.15) is 12.7 Å². The summed E-state index contributed by atoms with van der Waals surface area (Å²) in [5, 5.41) is 8.43. The fraction of sp³-hybridized carbons (Fsp3) is 0.250. The summed E-state index contributed by atoms with van der Waals surface area (Å²) in [5.74, 6) is -0.792. The number of aromatic nitrogens is 1. The van der Waals surface area contributed by atoms with Crippen molar-refractivity contribution in [1.29, 1.82) is 5.26 Å². The minimum atomic E-state index is -4.93. The zero-order chi connectivity index (χ0) is 11.5. The highest BCUT2D eigenvalue weighted by Gasteiger charge is 2.32. The molecule has 1 heterocycles. The van der Waals surface area contributed by atoms with Crippen molar-refractivity contribution < 1.29 is 22.3 Å². The van der Waals surface area contributed by atoms with Crippen molar-refractivity contribution in [1.82, 2.24) is 4.98 Å². The first kappa shape index (κ1) is 11.2. The van der Waals surface area contributed by atoms with Gasteiger partial charge >= 0.3 is 6.36 Å². The Labute approximate surface area is 81.9 Å². The van der Waals surface area contributed by atoms with Crippen LogP contribution in [0.5, 0.6) is 5.75 Å². The third kappa shape index (κ3) is 3.09. The Kier molecular flexibility index (Phi) is 3.09. The average molecular weight is 220 g/mol. The number of hydrogen-bond donors (Lipinski definition) is 0. The number of hydrogen-bond acceptors (Lipinski definition) is 3. The second-order valence-electron chi connectivity index (χ2n) is 2.48. The summed E-state index contributed by atoms with van der Waals surface area (Å²) in [6.45, 7) is -0.979. The molecule has 0 N–H and O–H groups in total. The third-order valence-electron chi connectivity index (χ3n) is 1.40. The van der Waals surface area contributed by atoms with Crippen LogP contribution in [0.25, 0.3) is 0 Å². The number of nitrogens with zero attached hydrogens (tertiary/aromatic N) is 2. The van der Waals surface area contributed by atoms with Gasteiger partial charge in [-0.05, 0) is 6.07 Å². The van der Waals surface area contributed by atoms with E-state index in [2.05, 4.69) is 9.72 Å². The Morgan fingerprint density at radius 1 is 1.47 bits per heavy atom. The first-order valence-corrected chi connectivity index (χ1v) is 3.67. The Balaban J connectivity index is 3.08. The van der Waals surface area contributed by atoms with E-state index in [-0.39, 0.29) is 5.56 Å². The maximum atomic E-state index is 12.1. The predicted octanol–water partition coefficient (Wildman–Crippen LogP) is 2.32. The van der Waals surface area contributed by atoms with Crippen LogP contribution in [-0.2, 0) is 6.67 Å². The number of halogens is 4. The van der Waals surface area contributed by atoms with Crippen LogP contribution in [0, 0.1) is 11.3 Å². The van der Waals surface area contributed by atoms with E-state index in [4.69, 9.17) is 5.26 Å². The molecule has 1 rings (SSSR count). The van der Waals surface area contributed by atoms with Crippen molar-refractivity contribution in [3.63, 3.8) is 0 Å². The fourth-order valence-corrected chi connectivity index (χ4v) is 0.845. The molecule has 0 aliphatic heterocycles. The normalized spacial score (nSPS) is 10.9.